The van der Waals surface area contributed by atoms with Crippen LogP contribution in [-0.4, -0.2) is 9.32 Å². The van der Waals surface area contributed by atoms with E-state index in [0.29, 0.717) is 11.4 Å². The zero-order valence-electron chi connectivity index (χ0n) is 9.72. The van der Waals surface area contributed by atoms with Crippen LogP contribution >= 0.6 is 0 Å². The van der Waals surface area contributed by atoms with Gasteiger partial charge < -0.3 is 5.11 Å². The lowest BCUT2D eigenvalue weighted by Crippen LogP contribution is -2.14. The van der Waals surface area contributed by atoms with Gasteiger partial charge in [0.2, 0.25) is 0 Å². The molecule has 2 aromatic carbocycles. The molecule has 0 aromatic heterocycles. The number of hydrogen-bond donors (Lipinski definition) is 2. The number of fused-ring (bicyclic) bond motifs is 3. The maximum absolute atomic E-state index is 12.2. The second-order valence-electron chi connectivity index (χ2n) is 4.17. The van der Waals surface area contributed by atoms with E-state index < -0.39 is 11.0 Å². The molecule has 0 aliphatic carbocycles. The molecule has 0 saturated heterocycles. The van der Waals surface area contributed by atoms with Crippen LogP contribution in [0, 0.1) is 0 Å². The van der Waals surface area contributed by atoms with E-state index in [9.17, 15) is 13.8 Å². The van der Waals surface area contributed by atoms with E-state index >= 15 is 0 Å². The van der Waals surface area contributed by atoms with Crippen molar-refractivity contribution in [2.75, 3.05) is 0 Å². The first-order chi connectivity index (χ1) is 9.19. The van der Waals surface area contributed by atoms with Crippen molar-refractivity contribution in [3.63, 3.8) is 0 Å². The van der Waals surface area contributed by atoms with Crippen LogP contribution < -0.4 is 9.66 Å². The van der Waals surface area contributed by atoms with Crippen LogP contribution in [0.2, 0.25) is 0 Å². The Morgan fingerprint density at radius 2 is 2.00 bits per heavy atom. The monoisotopic (exact) mass is 279 g/mol. The number of aromatic hydroxyl groups is 1. The number of rotatable bonds is 1. The number of phenolic OH excluding ortho intramolecular Hbond substituents is 1. The summed E-state index contributed by atoms with van der Waals surface area (Å²) in [5.74, 6) is 0.162. The first-order valence-electron chi connectivity index (χ1n) is 5.59. The summed E-state index contributed by atoms with van der Waals surface area (Å²) in [5, 5.41) is 9.50. The molecule has 1 unspecified atom stereocenters. The number of phenols is 1. The van der Waals surface area contributed by atoms with Crippen molar-refractivity contribution in [3.05, 3.63) is 42.0 Å². The second-order valence-corrected chi connectivity index (χ2v) is 5.43. The normalized spacial score (nSPS) is 17.2. The van der Waals surface area contributed by atoms with Crippen LogP contribution in [0.25, 0.3) is 11.1 Å². The van der Waals surface area contributed by atoms with Crippen LogP contribution in [0.1, 0.15) is 5.56 Å². The van der Waals surface area contributed by atoms with Crippen molar-refractivity contribution in [2.45, 2.75) is 11.4 Å². The average Bonchev–Trinajstić information content (AvgIpc) is 2.56. The fourth-order valence-electron chi connectivity index (χ4n) is 2.14. The van der Waals surface area contributed by atoms with E-state index in [1.54, 1.807) is 18.2 Å². The molecule has 2 N–H and O–H groups in total. The summed E-state index contributed by atoms with van der Waals surface area (Å²) in [4.78, 5) is 4.22. The minimum Gasteiger partial charge on any atom is -0.508 e. The summed E-state index contributed by atoms with van der Waals surface area (Å²) in [6.45, 7) is 0.328. The SMILES string of the molecule is O=S1NCc2cc(OF)ccc2-c2ccc(O)cc21. The highest BCUT2D eigenvalue weighted by molar-refractivity contribution is 7.83. The van der Waals surface area contributed by atoms with Crippen molar-refractivity contribution in [1.82, 2.24) is 4.72 Å². The largest absolute Gasteiger partial charge is 0.508 e. The Kier molecular flexibility index (Phi) is 2.96. The Morgan fingerprint density at radius 3 is 2.79 bits per heavy atom. The van der Waals surface area contributed by atoms with Gasteiger partial charge in [0.05, 0.1) is 4.90 Å². The number of hydrogen-bond acceptors (Lipinski definition) is 3. The van der Waals surface area contributed by atoms with Gasteiger partial charge in [0.15, 0.2) is 5.75 Å². The third-order valence-corrected chi connectivity index (χ3v) is 4.16. The quantitative estimate of drug-likeness (QED) is 0.843. The predicted molar refractivity (Wildman–Crippen MR) is 68.5 cm³/mol. The fraction of sp³-hybridized carbons (Fsp3) is 0.0769. The van der Waals surface area contributed by atoms with Gasteiger partial charge in [-0.2, -0.15) is 0 Å². The van der Waals surface area contributed by atoms with Gasteiger partial charge in [-0.1, -0.05) is 6.07 Å². The van der Waals surface area contributed by atoms with Crippen molar-refractivity contribution < 1.29 is 18.8 Å². The molecule has 0 radical (unpaired) electrons. The van der Waals surface area contributed by atoms with E-state index in [-0.39, 0.29) is 11.5 Å². The third kappa shape index (κ3) is 2.09. The molecule has 6 heteroatoms. The van der Waals surface area contributed by atoms with Gasteiger partial charge in [0, 0.05) is 11.1 Å². The Hall–Kier alpha value is -1.92. The van der Waals surface area contributed by atoms with Gasteiger partial charge in [-0.25, -0.2) is 8.93 Å². The Bertz CT molecular complexity index is 675. The van der Waals surface area contributed by atoms with Crippen molar-refractivity contribution in [2.24, 2.45) is 0 Å². The van der Waals surface area contributed by atoms with Gasteiger partial charge >= 0.3 is 0 Å². The van der Waals surface area contributed by atoms with Crippen LogP contribution in [0.4, 0.5) is 4.53 Å². The Labute approximate surface area is 111 Å². The van der Waals surface area contributed by atoms with Crippen LogP contribution in [-0.2, 0) is 17.5 Å². The summed E-state index contributed by atoms with van der Waals surface area (Å²) in [5.41, 5.74) is 2.38. The van der Waals surface area contributed by atoms with Gasteiger partial charge in [-0.3, -0.25) is 4.94 Å². The van der Waals surface area contributed by atoms with Gasteiger partial charge in [-0.15, -0.1) is 0 Å². The van der Waals surface area contributed by atoms with Gasteiger partial charge in [0.25, 0.3) is 0 Å². The highest BCUT2D eigenvalue weighted by Crippen LogP contribution is 2.35. The molecule has 2 aromatic rings. The molecule has 98 valence electrons. The smallest absolute Gasteiger partial charge is 0.172 e. The molecule has 4 nitrogen and oxygen atoms in total. The highest BCUT2D eigenvalue weighted by atomic mass is 32.2. The molecule has 3 rings (SSSR count). The molecule has 19 heavy (non-hydrogen) atoms. The summed E-state index contributed by atoms with van der Waals surface area (Å²) in [7, 11) is -1.42. The molecule has 1 aliphatic heterocycles. The summed E-state index contributed by atoms with van der Waals surface area (Å²) in [6.07, 6.45) is 0. The molecule has 1 aliphatic rings. The fourth-order valence-corrected chi connectivity index (χ4v) is 3.18. The van der Waals surface area contributed by atoms with Gasteiger partial charge in [0.1, 0.15) is 16.7 Å². The minimum absolute atomic E-state index is 0.0565. The van der Waals surface area contributed by atoms with E-state index in [1.165, 1.54) is 18.2 Å². The average molecular weight is 279 g/mol. The molecule has 0 spiro atoms. The lowest BCUT2D eigenvalue weighted by atomic mass is 9.99. The maximum Gasteiger partial charge on any atom is 0.172 e. The summed E-state index contributed by atoms with van der Waals surface area (Å²) >= 11 is 0. The lowest BCUT2D eigenvalue weighted by Gasteiger charge is -2.08. The van der Waals surface area contributed by atoms with Crippen molar-refractivity contribution >= 4 is 11.0 Å². The molecule has 1 atom stereocenters. The molecule has 0 bridgehead atoms. The third-order valence-electron chi connectivity index (χ3n) is 3.01. The second kappa shape index (κ2) is 4.64. The van der Waals surface area contributed by atoms with Crippen LogP contribution in [0.15, 0.2) is 41.3 Å². The van der Waals surface area contributed by atoms with E-state index in [4.69, 9.17) is 0 Å². The van der Waals surface area contributed by atoms with Crippen molar-refractivity contribution in [3.8, 4) is 22.6 Å². The zero-order chi connectivity index (χ0) is 13.4. The predicted octanol–water partition coefficient (Wildman–Crippen LogP) is 2.45. The first-order valence-corrected chi connectivity index (χ1v) is 6.74. The van der Waals surface area contributed by atoms with E-state index in [2.05, 4.69) is 9.66 Å². The molecular weight excluding hydrogens is 269 g/mol. The first kappa shape index (κ1) is 12.1. The molecule has 1 heterocycles. The lowest BCUT2D eigenvalue weighted by molar-refractivity contribution is -0.00627. The molecule has 0 saturated carbocycles. The van der Waals surface area contributed by atoms with E-state index in [0.717, 1.165) is 16.7 Å². The minimum atomic E-state index is -1.42. The standard InChI is InChI=1S/C13H10FNO3S/c14-18-10-2-4-11-8(5-10)7-15-19(17)13-6-9(16)1-3-12(11)13/h1-6,15-16H,7H2. The number of benzene rings is 2. The topological polar surface area (TPSA) is 58.6 Å². The van der Waals surface area contributed by atoms with Gasteiger partial charge in [-0.05, 0) is 47.0 Å². The van der Waals surface area contributed by atoms with Crippen molar-refractivity contribution in [1.29, 1.82) is 0 Å². The van der Waals surface area contributed by atoms with E-state index in [1.807, 2.05) is 0 Å². The maximum atomic E-state index is 12.2. The van der Waals surface area contributed by atoms with Crippen LogP contribution in [0.3, 0.4) is 0 Å². The summed E-state index contributed by atoms with van der Waals surface area (Å²) < 4.78 is 27.1. The molecule has 0 amide bonds. The Morgan fingerprint density at radius 1 is 1.21 bits per heavy atom. The Balaban J connectivity index is 2.24. The highest BCUT2D eigenvalue weighted by Gasteiger charge is 2.20. The zero-order valence-corrected chi connectivity index (χ0v) is 10.5. The summed E-state index contributed by atoms with van der Waals surface area (Å²) in [6, 6.07) is 9.47. The number of nitrogens with one attached hydrogen (secondary N) is 1. The number of halogens is 1. The molecule has 0 fully saturated rings. The van der Waals surface area contributed by atoms with Crippen LogP contribution in [0.5, 0.6) is 11.5 Å². The molecular formula is C13H10FNO3S.